The quantitative estimate of drug-likeness (QED) is 0.0818. The Morgan fingerprint density at radius 1 is 0.837 bits per heavy atom. The van der Waals surface area contributed by atoms with Gasteiger partial charge in [-0.3, -0.25) is 9.35 Å². The number of hydrogen-bond donors (Lipinski definition) is 3. The maximum absolute atomic E-state index is 12.6. The van der Waals surface area contributed by atoms with Crippen LogP contribution in [-0.4, -0.2) is 38.7 Å². The van der Waals surface area contributed by atoms with Crippen molar-refractivity contribution in [3.8, 4) is 5.75 Å². The van der Waals surface area contributed by atoms with E-state index in [2.05, 4.69) is 22.5 Å². The zero-order chi connectivity index (χ0) is 31.6. The third kappa shape index (κ3) is 10.1. The van der Waals surface area contributed by atoms with Crippen molar-refractivity contribution < 1.29 is 31.3 Å². The molecule has 12 heteroatoms. The normalized spacial score (nSPS) is 12.3. The Morgan fingerprint density at radius 2 is 1.42 bits per heavy atom. The molecule has 0 saturated carbocycles. The molecule has 0 bridgehead atoms. The molecule has 0 aliphatic heterocycles. The molecule has 3 aromatic rings. The van der Waals surface area contributed by atoms with Gasteiger partial charge in [-0.1, -0.05) is 76.8 Å². The number of azo groups is 1. The number of phenolic OH excluding ortho intramolecular Hbond substituents is 1. The number of aryl methyl sites for hydroxylation is 1. The number of hydrogen-bond acceptors (Lipinski definition) is 8. The Hall–Kier alpha value is -3.35. The molecule has 0 heterocycles. The lowest BCUT2D eigenvalue weighted by atomic mass is 10.0. The van der Waals surface area contributed by atoms with Crippen LogP contribution in [0.15, 0.2) is 62.5 Å². The zero-order valence-corrected chi connectivity index (χ0v) is 26.6. The Morgan fingerprint density at radius 3 is 1.95 bits per heavy atom. The predicted octanol–water partition coefficient (Wildman–Crippen LogP) is 8.03. The van der Waals surface area contributed by atoms with Gasteiger partial charge in [0.05, 0.1) is 21.2 Å². The van der Waals surface area contributed by atoms with Crippen LogP contribution in [-0.2, 0) is 31.2 Å². The van der Waals surface area contributed by atoms with E-state index < -0.39 is 41.4 Å². The van der Waals surface area contributed by atoms with E-state index in [4.69, 9.17) is 0 Å². The molecule has 0 aliphatic rings. The number of anilines is 1. The first-order chi connectivity index (χ1) is 20.3. The van der Waals surface area contributed by atoms with Crippen molar-refractivity contribution >= 4 is 53.7 Å². The van der Waals surface area contributed by atoms with E-state index in [0.29, 0.717) is 5.69 Å². The molecule has 3 aromatic carbocycles. The lowest BCUT2D eigenvalue weighted by Gasteiger charge is -2.14. The number of phenols is 1. The van der Waals surface area contributed by atoms with Gasteiger partial charge < -0.3 is 10.4 Å². The molecule has 0 saturated heterocycles. The van der Waals surface area contributed by atoms with Crippen molar-refractivity contribution in [3.63, 3.8) is 0 Å². The number of benzene rings is 3. The minimum Gasteiger partial charge on any atom is -0.505 e. The summed E-state index contributed by atoms with van der Waals surface area (Å²) in [5, 5.41) is 21.6. The average molecular weight is 632 g/mol. The van der Waals surface area contributed by atoms with Gasteiger partial charge in [0, 0.05) is 18.6 Å². The molecule has 43 heavy (non-hydrogen) atoms. The molecular formula is C31H41N3O7S2. The number of amides is 1. The van der Waals surface area contributed by atoms with E-state index in [1.807, 2.05) is 12.1 Å². The van der Waals surface area contributed by atoms with Crippen molar-refractivity contribution in [1.29, 1.82) is 0 Å². The van der Waals surface area contributed by atoms with Crippen molar-refractivity contribution in [2.24, 2.45) is 10.2 Å². The molecule has 234 valence electrons. The summed E-state index contributed by atoms with van der Waals surface area (Å²) in [4.78, 5) is 10.8. The maximum atomic E-state index is 12.6. The molecule has 0 aliphatic carbocycles. The van der Waals surface area contributed by atoms with Crippen LogP contribution >= 0.6 is 0 Å². The second kappa shape index (κ2) is 15.4. The van der Waals surface area contributed by atoms with Gasteiger partial charge in [0.2, 0.25) is 5.91 Å². The summed E-state index contributed by atoms with van der Waals surface area (Å²) in [6.45, 7) is 3.41. The fourth-order valence-corrected chi connectivity index (χ4v) is 6.30. The van der Waals surface area contributed by atoms with Gasteiger partial charge in [0.25, 0.3) is 10.1 Å². The molecule has 0 fully saturated rings. The topological polar surface area (TPSA) is 163 Å². The van der Waals surface area contributed by atoms with E-state index in [9.17, 15) is 31.3 Å². The summed E-state index contributed by atoms with van der Waals surface area (Å²) < 4.78 is 58.4. The van der Waals surface area contributed by atoms with Gasteiger partial charge in [-0.15, -0.1) is 5.11 Å². The second-order valence-electron chi connectivity index (χ2n) is 10.9. The van der Waals surface area contributed by atoms with E-state index in [0.717, 1.165) is 42.9 Å². The number of fused-ring (bicyclic) bond motifs is 1. The highest BCUT2D eigenvalue weighted by Crippen LogP contribution is 2.45. The predicted molar refractivity (Wildman–Crippen MR) is 169 cm³/mol. The molecule has 3 rings (SSSR count). The van der Waals surface area contributed by atoms with E-state index >= 15 is 0 Å². The van der Waals surface area contributed by atoms with Crippen molar-refractivity contribution in [3.05, 3.63) is 48.0 Å². The Balaban J connectivity index is 1.79. The van der Waals surface area contributed by atoms with Crippen molar-refractivity contribution in [2.75, 3.05) is 11.6 Å². The minimum atomic E-state index is -4.71. The highest BCUT2D eigenvalue weighted by Gasteiger charge is 2.24. The third-order valence-electron chi connectivity index (χ3n) is 7.15. The minimum absolute atomic E-state index is 0.0490. The number of aromatic hydroxyl groups is 1. The number of rotatable bonds is 16. The van der Waals surface area contributed by atoms with Gasteiger partial charge in [-0.25, -0.2) is 8.42 Å². The molecule has 0 radical (unpaired) electrons. The largest absolute Gasteiger partial charge is 0.505 e. The van der Waals surface area contributed by atoms with Gasteiger partial charge in [0.1, 0.15) is 5.69 Å². The molecule has 1 amide bonds. The highest BCUT2D eigenvalue weighted by molar-refractivity contribution is 7.90. The van der Waals surface area contributed by atoms with Crippen LogP contribution in [0.3, 0.4) is 0 Å². The number of sulfone groups is 1. The van der Waals surface area contributed by atoms with Gasteiger partial charge in [-0.05, 0) is 54.1 Å². The summed E-state index contributed by atoms with van der Waals surface area (Å²) >= 11 is 0. The molecule has 10 nitrogen and oxygen atoms in total. The van der Waals surface area contributed by atoms with Crippen LogP contribution in [0.4, 0.5) is 17.1 Å². The van der Waals surface area contributed by atoms with Gasteiger partial charge >= 0.3 is 0 Å². The van der Waals surface area contributed by atoms with Gasteiger partial charge in [-0.2, -0.15) is 13.5 Å². The Bertz CT molecular complexity index is 1670. The number of unbranched alkanes of at least 4 members (excludes halogenated alkanes) is 9. The monoisotopic (exact) mass is 631 g/mol. The molecule has 0 atom stereocenters. The molecule has 0 unspecified atom stereocenters. The summed E-state index contributed by atoms with van der Waals surface area (Å²) in [5.41, 5.74) is 1.08. The first-order valence-corrected chi connectivity index (χ1v) is 17.9. The molecular weight excluding hydrogens is 590 g/mol. The van der Waals surface area contributed by atoms with Crippen molar-refractivity contribution in [2.45, 2.75) is 94.3 Å². The zero-order valence-electron chi connectivity index (χ0n) is 25.0. The van der Waals surface area contributed by atoms with Crippen molar-refractivity contribution in [1.82, 2.24) is 0 Å². The third-order valence-corrected chi connectivity index (χ3v) is 9.09. The first-order valence-electron chi connectivity index (χ1n) is 14.6. The van der Waals surface area contributed by atoms with Gasteiger partial charge in [0.15, 0.2) is 15.6 Å². The number of carbonyl (C=O) groups is 1. The smallest absolute Gasteiger partial charge is 0.294 e. The van der Waals surface area contributed by atoms with Crippen LogP contribution in [0.2, 0.25) is 0 Å². The molecule has 0 aromatic heterocycles. The Kier molecular flexibility index (Phi) is 12.2. The molecule has 3 N–H and O–H groups in total. The average Bonchev–Trinajstić information content (AvgIpc) is 2.92. The van der Waals surface area contributed by atoms with Crippen LogP contribution in [0.25, 0.3) is 10.8 Å². The summed E-state index contributed by atoms with van der Waals surface area (Å²) in [6.07, 6.45) is 14.5. The van der Waals surface area contributed by atoms with Crippen LogP contribution in [0.5, 0.6) is 5.75 Å². The second-order valence-corrected chi connectivity index (χ2v) is 14.3. The first kappa shape index (κ1) is 34.1. The summed E-state index contributed by atoms with van der Waals surface area (Å²) in [6, 6.07) is 10.5. The Labute approximate surface area is 254 Å². The number of carbonyl (C=O) groups excluding carboxylic acids is 1. The highest BCUT2D eigenvalue weighted by atomic mass is 32.2. The van der Waals surface area contributed by atoms with E-state index in [1.54, 1.807) is 12.1 Å². The number of nitrogens with zero attached hydrogens (tertiary/aromatic N) is 2. The molecule has 0 spiro atoms. The van der Waals surface area contributed by atoms with Crippen LogP contribution in [0.1, 0.15) is 83.6 Å². The fourth-order valence-electron chi connectivity index (χ4n) is 4.93. The fraction of sp³-hybridized carbons (Fsp3) is 0.452. The lowest BCUT2D eigenvalue weighted by Crippen LogP contribution is -2.08. The summed E-state index contributed by atoms with van der Waals surface area (Å²) in [5.74, 6) is -1.20. The lowest BCUT2D eigenvalue weighted by molar-refractivity contribution is -0.114. The van der Waals surface area contributed by atoms with Crippen LogP contribution in [0, 0.1) is 0 Å². The summed E-state index contributed by atoms with van der Waals surface area (Å²) in [7, 11) is -8.69. The van der Waals surface area contributed by atoms with E-state index in [1.165, 1.54) is 64.7 Å². The standard InChI is InChI=1S/C31H41N3O7S2/c1-4-5-6-7-8-9-10-11-12-13-14-23-15-17-25(18-16-23)33-34-30-28(42(3,37)38)20-24-19-26(43(39,40)41)21-27(32-22(2)35)29(24)31(30)36/h15-21,36H,4-14H2,1-3H3,(H,32,35)(H,39,40,41). The van der Waals surface area contributed by atoms with E-state index in [-0.39, 0.29) is 22.1 Å². The SMILES string of the molecule is CCCCCCCCCCCCc1ccc(N=Nc2c(S(C)(=O)=O)cc3cc(S(=O)(=O)O)cc(NC(C)=O)c3c2O)cc1. The number of nitrogens with one attached hydrogen (secondary N) is 1. The van der Waals surface area contributed by atoms with Crippen LogP contribution < -0.4 is 5.32 Å². The maximum Gasteiger partial charge on any atom is 0.294 e.